The van der Waals surface area contributed by atoms with E-state index in [2.05, 4.69) is 0 Å². The maximum absolute atomic E-state index is 12.2. The highest BCUT2D eigenvalue weighted by Crippen LogP contribution is 2.38. The van der Waals surface area contributed by atoms with E-state index < -0.39 is 5.97 Å². The summed E-state index contributed by atoms with van der Waals surface area (Å²) in [4.78, 5) is 12.2. The standard InChI is InChI=1S/C17H16Cl2O5/c1-21-14-6-10(7-15(22-2)17(14)23-3)8-16(20)24-13-9-11(18)4-5-12(13)19/h4-7,9H,8H2,1-3H3. The summed E-state index contributed by atoms with van der Waals surface area (Å²) in [6.45, 7) is 0. The molecule has 0 heterocycles. The highest BCUT2D eigenvalue weighted by molar-refractivity contribution is 6.34. The van der Waals surface area contributed by atoms with Crippen LogP contribution in [0.3, 0.4) is 0 Å². The van der Waals surface area contributed by atoms with E-state index in [-0.39, 0.29) is 12.2 Å². The number of carbonyl (C=O) groups is 1. The van der Waals surface area contributed by atoms with Crippen LogP contribution < -0.4 is 18.9 Å². The molecule has 0 atom stereocenters. The lowest BCUT2D eigenvalue weighted by Gasteiger charge is -2.14. The maximum atomic E-state index is 12.2. The Labute approximate surface area is 150 Å². The van der Waals surface area contributed by atoms with Crippen LogP contribution in [-0.4, -0.2) is 27.3 Å². The summed E-state index contributed by atoms with van der Waals surface area (Å²) in [6, 6.07) is 8.02. The second-order valence-corrected chi connectivity index (χ2v) is 5.60. The van der Waals surface area contributed by atoms with Gasteiger partial charge in [0.2, 0.25) is 5.75 Å². The molecule has 0 spiro atoms. The van der Waals surface area contributed by atoms with E-state index in [0.29, 0.717) is 32.9 Å². The number of benzene rings is 2. The third-order valence-corrected chi connectivity index (χ3v) is 3.74. The van der Waals surface area contributed by atoms with Crippen molar-refractivity contribution in [3.63, 3.8) is 0 Å². The Hall–Kier alpha value is -2.11. The molecule has 0 aliphatic rings. The van der Waals surface area contributed by atoms with Crippen LogP contribution in [0.5, 0.6) is 23.0 Å². The van der Waals surface area contributed by atoms with Crippen LogP contribution in [0.4, 0.5) is 0 Å². The Morgan fingerprint density at radius 1 is 0.917 bits per heavy atom. The first kappa shape index (κ1) is 18.2. The van der Waals surface area contributed by atoms with E-state index in [0.717, 1.165) is 0 Å². The van der Waals surface area contributed by atoms with Gasteiger partial charge in [-0.25, -0.2) is 0 Å². The Kier molecular flexibility index (Phi) is 6.17. The van der Waals surface area contributed by atoms with Gasteiger partial charge in [0.15, 0.2) is 17.2 Å². The van der Waals surface area contributed by atoms with Gasteiger partial charge in [-0.05, 0) is 29.8 Å². The molecule has 0 aliphatic heterocycles. The monoisotopic (exact) mass is 370 g/mol. The number of rotatable bonds is 6. The smallest absolute Gasteiger partial charge is 0.315 e. The molecule has 0 saturated carbocycles. The minimum absolute atomic E-state index is 0.000440. The molecule has 0 aromatic heterocycles. The van der Waals surface area contributed by atoms with Crippen LogP contribution in [0.2, 0.25) is 10.0 Å². The van der Waals surface area contributed by atoms with Crippen LogP contribution >= 0.6 is 23.2 Å². The quantitative estimate of drug-likeness (QED) is 0.564. The SMILES string of the molecule is COc1cc(CC(=O)Oc2cc(Cl)ccc2Cl)cc(OC)c1OC. The van der Waals surface area contributed by atoms with Crippen LogP contribution in [0.25, 0.3) is 0 Å². The van der Waals surface area contributed by atoms with Crippen molar-refractivity contribution in [2.24, 2.45) is 0 Å². The summed E-state index contributed by atoms with van der Waals surface area (Å²) in [5.74, 6) is 1.09. The highest BCUT2D eigenvalue weighted by Gasteiger charge is 2.16. The molecule has 2 aromatic carbocycles. The topological polar surface area (TPSA) is 54.0 Å². The highest BCUT2D eigenvalue weighted by atomic mass is 35.5. The fourth-order valence-electron chi connectivity index (χ4n) is 2.12. The third-order valence-electron chi connectivity index (χ3n) is 3.19. The summed E-state index contributed by atoms with van der Waals surface area (Å²) in [5.41, 5.74) is 0.646. The van der Waals surface area contributed by atoms with E-state index in [4.69, 9.17) is 42.1 Å². The van der Waals surface area contributed by atoms with Crippen molar-refractivity contribution in [1.82, 2.24) is 0 Å². The average Bonchev–Trinajstić information content (AvgIpc) is 2.57. The molecule has 0 radical (unpaired) electrons. The van der Waals surface area contributed by atoms with Gasteiger partial charge < -0.3 is 18.9 Å². The fourth-order valence-corrected chi connectivity index (χ4v) is 2.44. The predicted octanol–water partition coefficient (Wildman–Crippen LogP) is 4.17. The van der Waals surface area contributed by atoms with Crippen LogP contribution in [0.15, 0.2) is 30.3 Å². The lowest BCUT2D eigenvalue weighted by molar-refractivity contribution is -0.133. The molecular weight excluding hydrogens is 355 g/mol. The van der Waals surface area contributed by atoms with Gasteiger partial charge in [0.1, 0.15) is 0 Å². The minimum atomic E-state index is -0.492. The molecule has 2 rings (SSSR count). The largest absolute Gasteiger partial charge is 0.493 e. The number of carbonyl (C=O) groups excluding carboxylic acids is 1. The number of hydrogen-bond donors (Lipinski definition) is 0. The van der Waals surface area contributed by atoms with Gasteiger partial charge in [-0.1, -0.05) is 23.2 Å². The van der Waals surface area contributed by atoms with Crippen molar-refractivity contribution < 1.29 is 23.7 Å². The lowest BCUT2D eigenvalue weighted by Crippen LogP contribution is -2.12. The Bertz CT molecular complexity index is 721. The molecule has 0 N–H and O–H groups in total. The summed E-state index contributed by atoms with van der Waals surface area (Å²) in [7, 11) is 4.52. The van der Waals surface area contributed by atoms with E-state index >= 15 is 0 Å². The maximum Gasteiger partial charge on any atom is 0.315 e. The van der Waals surface area contributed by atoms with Gasteiger partial charge >= 0.3 is 5.97 Å². The van der Waals surface area contributed by atoms with E-state index in [9.17, 15) is 4.79 Å². The molecule has 7 heteroatoms. The van der Waals surface area contributed by atoms with Crippen molar-refractivity contribution in [3.05, 3.63) is 45.9 Å². The van der Waals surface area contributed by atoms with Crippen molar-refractivity contribution in [1.29, 1.82) is 0 Å². The molecule has 0 unspecified atom stereocenters. The van der Waals surface area contributed by atoms with Gasteiger partial charge in [0.05, 0.1) is 32.8 Å². The molecular formula is C17H16Cl2O5. The second kappa shape index (κ2) is 8.13. The zero-order chi connectivity index (χ0) is 17.7. The molecule has 0 bridgehead atoms. The summed E-state index contributed by atoms with van der Waals surface area (Å²) in [5, 5.41) is 0.729. The van der Waals surface area contributed by atoms with Crippen LogP contribution in [0, 0.1) is 0 Å². The second-order valence-electron chi connectivity index (χ2n) is 4.76. The first-order valence-corrected chi connectivity index (χ1v) is 7.68. The Balaban J connectivity index is 2.21. The normalized spacial score (nSPS) is 10.2. The first-order chi connectivity index (χ1) is 11.5. The van der Waals surface area contributed by atoms with Gasteiger partial charge in [0.25, 0.3) is 0 Å². The molecule has 24 heavy (non-hydrogen) atoms. The number of methoxy groups -OCH3 is 3. The summed E-state index contributed by atoms with van der Waals surface area (Å²) >= 11 is 11.9. The zero-order valence-corrected chi connectivity index (χ0v) is 14.9. The number of ether oxygens (including phenoxy) is 4. The minimum Gasteiger partial charge on any atom is -0.493 e. The van der Waals surface area contributed by atoms with E-state index in [1.807, 2.05) is 0 Å². The summed E-state index contributed by atoms with van der Waals surface area (Å²) < 4.78 is 21.0. The van der Waals surface area contributed by atoms with Gasteiger partial charge in [-0.15, -0.1) is 0 Å². The van der Waals surface area contributed by atoms with E-state index in [1.165, 1.54) is 27.4 Å². The Morgan fingerprint density at radius 2 is 1.54 bits per heavy atom. The number of esters is 1. The number of halogens is 2. The molecule has 5 nitrogen and oxygen atoms in total. The van der Waals surface area contributed by atoms with Crippen molar-refractivity contribution in [2.45, 2.75) is 6.42 Å². The molecule has 128 valence electrons. The van der Waals surface area contributed by atoms with Crippen LogP contribution in [0.1, 0.15) is 5.56 Å². The lowest BCUT2D eigenvalue weighted by atomic mass is 10.1. The van der Waals surface area contributed by atoms with Gasteiger partial charge in [0, 0.05) is 11.1 Å². The number of hydrogen-bond acceptors (Lipinski definition) is 5. The zero-order valence-electron chi connectivity index (χ0n) is 13.4. The molecule has 0 fully saturated rings. The van der Waals surface area contributed by atoms with Crippen molar-refractivity contribution in [2.75, 3.05) is 21.3 Å². The first-order valence-electron chi connectivity index (χ1n) is 6.93. The Morgan fingerprint density at radius 3 is 2.08 bits per heavy atom. The van der Waals surface area contributed by atoms with Crippen LogP contribution in [-0.2, 0) is 11.2 Å². The average molecular weight is 371 g/mol. The van der Waals surface area contributed by atoms with Gasteiger partial charge in [-0.2, -0.15) is 0 Å². The third kappa shape index (κ3) is 4.24. The van der Waals surface area contributed by atoms with Crippen molar-refractivity contribution >= 4 is 29.2 Å². The fraction of sp³-hybridized carbons (Fsp3) is 0.235. The molecule has 0 saturated heterocycles. The molecule has 0 amide bonds. The molecule has 0 aliphatic carbocycles. The van der Waals surface area contributed by atoms with Crippen molar-refractivity contribution in [3.8, 4) is 23.0 Å². The summed E-state index contributed by atoms with van der Waals surface area (Å²) in [6.07, 6.45) is -0.000440. The van der Waals surface area contributed by atoms with E-state index in [1.54, 1.807) is 24.3 Å². The van der Waals surface area contributed by atoms with Gasteiger partial charge in [-0.3, -0.25) is 4.79 Å². The predicted molar refractivity (Wildman–Crippen MR) is 91.9 cm³/mol. The molecule has 2 aromatic rings.